The topological polar surface area (TPSA) is 68.0 Å². The highest BCUT2D eigenvalue weighted by Gasteiger charge is 2.05. The van der Waals surface area contributed by atoms with Crippen LogP contribution in [-0.2, 0) is 13.5 Å². The number of carboxylic acid groups (broad SMARTS) is 1. The summed E-state index contributed by atoms with van der Waals surface area (Å²) in [5.41, 5.74) is 0.0805. The second kappa shape index (κ2) is 5.68. The number of thioether (sulfide) groups is 1. The number of nitrogens with zero attached hydrogens (tertiary/aromatic N) is 3. The van der Waals surface area contributed by atoms with E-state index in [0.29, 0.717) is 0 Å². The molecule has 0 saturated carbocycles. The van der Waals surface area contributed by atoms with Crippen molar-refractivity contribution in [3.05, 3.63) is 42.2 Å². The molecule has 0 unspecified atom stereocenters. The van der Waals surface area contributed by atoms with Crippen LogP contribution in [0.4, 0.5) is 0 Å². The first-order chi connectivity index (χ1) is 8.66. The maximum Gasteiger partial charge on any atom is 0.354 e. The molecular weight excluding hydrogens is 250 g/mol. The van der Waals surface area contributed by atoms with Gasteiger partial charge in [-0.2, -0.15) is 0 Å². The zero-order valence-electron chi connectivity index (χ0n) is 9.91. The predicted molar refractivity (Wildman–Crippen MR) is 68.8 cm³/mol. The summed E-state index contributed by atoms with van der Waals surface area (Å²) in [5, 5.41) is 8.84. The van der Waals surface area contributed by atoms with Crippen molar-refractivity contribution in [3.8, 4) is 0 Å². The lowest BCUT2D eigenvalue weighted by atomic mass is 10.3. The van der Waals surface area contributed by atoms with Crippen LogP contribution >= 0.6 is 11.8 Å². The highest BCUT2D eigenvalue weighted by atomic mass is 32.2. The van der Waals surface area contributed by atoms with Crippen LogP contribution in [0.5, 0.6) is 0 Å². The van der Waals surface area contributed by atoms with Crippen molar-refractivity contribution in [1.29, 1.82) is 0 Å². The molecule has 0 aliphatic heterocycles. The molecule has 0 bridgehead atoms. The number of rotatable bonds is 5. The SMILES string of the molecule is Cn1ccnc1CCSc1ccnc(C(=O)O)c1. The average Bonchev–Trinajstić information content (AvgIpc) is 2.76. The van der Waals surface area contributed by atoms with Gasteiger partial charge >= 0.3 is 5.97 Å². The van der Waals surface area contributed by atoms with Crippen LogP contribution in [0.3, 0.4) is 0 Å². The van der Waals surface area contributed by atoms with Crippen LogP contribution < -0.4 is 0 Å². The Labute approximate surface area is 109 Å². The smallest absolute Gasteiger partial charge is 0.354 e. The molecule has 0 atom stereocenters. The van der Waals surface area contributed by atoms with Crippen molar-refractivity contribution in [2.24, 2.45) is 7.05 Å². The van der Waals surface area contributed by atoms with E-state index >= 15 is 0 Å². The second-order valence-electron chi connectivity index (χ2n) is 3.73. The van der Waals surface area contributed by atoms with Gasteiger partial charge in [-0.1, -0.05) is 0 Å². The quantitative estimate of drug-likeness (QED) is 0.834. The van der Waals surface area contributed by atoms with E-state index in [-0.39, 0.29) is 5.69 Å². The third-order valence-corrected chi connectivity index (χ3v) is 3.46. The largest absolute Gasteiger partial charge is 0.477 e. The molecule has 0 amide bonds. The van der Waals surface area contributed by atoms with Gasteiger partial charge < -0.3 is 9.67 Å². The minimum absolute atomic E-state index is 0.0805. The minimum atomic E-state index is -0.999. The number of hydrogen-bond acceptors (Lipinski definition) is 4. The fourth-order valence-corrected chi connectivity index (χ4v) is 2.39. The summed E-state index contributed by atoms with van der Waals surface area (Å²) in [4.78, 5) is 19.7. The molecule has 94 valence electrons. The summed E-state index contributed by atoms with van der Waals surface area (Å²) in [7, 11) is 1.96. The van der Waals surface area contributed by atoms with E-state index < -0.39 is 5.97 Å². The summed E-state index contributed by atoms with van der Waals surface area (Å²) < 4.78 is 1.98. The molecule has 5 nitrogen and oxygen atoms in total. The number of carboxylic acids is 1. The molecule has 1 N–H and O–H groups in total. The number of hydrogen-bond donors (Lipinski definition) is 1. The van der Waals surface area contributed by atoms with Crippen molar-refractivity contribution >= 4 is 17.7 Å². The molecule has 2 aromatic heterocycles. The van der Waals surface area contributed by atoms with E-state index in [1.165, 1.54) is 6.20 Å². The number of aryl methyl sites for hydroxylation is 2. The van der Waals surface area contributed by atoms with Crippen LogP contribution in [-0.4, -0.2) is 31.4 Å². The van der Waals surface area contributed by atoms with Crippen LogP contribution in [0.2, 0.25) is 0 Å². The molecule has 2 aromatic rings. The molecule has 0 aromatic carbocycles. The Morgan fingerprint density at radius 3 is 2.94 bits per heavy atom. The summed E-state index contributed by atoms with van der Waals surface area (Å²) in [6.45, 7) is 0. The third kappa shape index (κ3) is 3.10. The molecule has 6 heteroatoms. The summed E-state index contributed by atoms with van der Waals surface area (Å²) in [5.74, 6) is 0.880. The average molecular weight is 263 g/mol. The fraction of sp³-hybridized carbons (Fsp3) is 0.250. The summed E-state index contributed by atoms with van der Waals surface area (Å²) in [6, 6.07) is 3.40. The van der Waals surface area contributed by atoms with Gasteiger partial charge in [-0.15, -0.1) is 11.8 Å². The summed E-state index contributed by atoms with van der Waals surface area (Å²) in [6.07, 6.45) is 6.05. The number of imidazole rings is 1. The van der Waals surface area contributed by atoms with Crippen molar-refractivity contribution in [1.82, 2.24) is 14.5 Å². The van der Waals surface area contributed by atoms with Gasteiger partial charge in [0.05, 0.1) is 0 Å². The standard InChI is InChI=1S/C12H13N3O2S/c1-15-6-5-14-11(15)3-7-18-9-2-4-13-10(8-9)12(16)17/h2,4-6,8H,3,7H2,1H3,(H,16,17). The van der Waals surface area contributed by atoms with E-state index in [1.54, 1.807) is 24.0 Å². The Balaban J connectivity index is 1.92. The molecule has 0 radical (unpaired) electrons. The van der Waals surface area contributed by atoms with E-state index in [4.69, 9.17) is 5.11 Å². The first-order valence-electron chi connectivity index (χ1n) is 5.45. The van der Waals surface area contributed by atoms with Gasteiger partial charge in [0, 0.05) is 42.7 Å². The first kappa shape index (κ1) is 12.6. The van der Waals surface area contributed by atoms with Gasteiger partial charge in [-0.3, -0.25) is 0 Å². The lowest BCUT2D eigenvalue weighted by molar-refractivity contribution is 0.0690. The molecule has 0 saturated heterocycles. The van der Waals surface area contributed by atoms with Gasteiger partial charge in [0.1, 0.15) is 11.5 Å². The van der Waals surface area contributed by atoms with E-state index in [1.807, 2.05) is 23.9 Å². The fourth-order valence-electron chi connectivity index (χ4n) is 1.52. The Hall–Kier alpha value is -1.82. The van der Waals surface area contributed by atoms with Gasteiger partial charge in [0.2, 0.25) is 0 Å². The van der Waals surface area contributed by atoms with Gasteiger partial charge in [0.15, 0.2) is 0 Å². The Bertz CT molecular complexity index is 554. The van der Waals surface area contributed by atoms with Gasteiger partial charge in [-0.25, -0.2) is 14.8 Å². The number of pyridine rings is 1. The molecule has 0 aliphatic carbocycles. The van der Waals surface area contributed by atoms with Gasteiger partial charge in [-0.05, 0) is 12.1 Å². The van der Waals surface area contributed by atoms with Crippen molar-refractivity contribution in [3.63, 3.8) is 0 Å². The van der Waals surface area contributed by atoms with Crippen LogP contribution in [0.1, 0.15) is 16.3 Å². The minimum Gasteiger partial charge on any atom is -0.477 e. The van der Waals surface area contributed by atoms with Crippen LogP contribution in [0.25, 0.3) is 0 Å². The molecule has 0 spiro atoms. The third-order valence-electron chi connectivity index (χ3n) is 2.47. The second-order valence-corrected chi connectivity index (χ2v) is 4.90. The zero-order valence-corrected chi connectivity index (χ0v) is 10.7. The lowest BCUT2D eigenvalue weighted by Gasteiger charge is -2.03. The highest BCUT2D eigenvalue weighted by Crippen LogP contribution is 2.19. The Morgan fingerprint density at radius 2 is 2.28 bits per heavy atom. The number of aromatic nitrogens is 3. The monoisotopic (exact) mass is 263 g/mol. The van der Waals surface area contributed by atoms with Crippen molar-refractivity contribution in [2.45, 2.75) is 11.3 Å². The van der Waals surface area contributed by atoms with E-state index in [2.05, 4.69) is 9.97 Å². The molecule has 0 aliphatic rings. The maximum atomic E-state index is 10.8. The molecule has 2 rings (SSSR count). The maximum absolute atomic E-state index is 10.8. The Morgan fingerprint density at radius 1 is 1.44 bits per heavy atom. The molecular formula is C12H13N3O2S. The van der Waals surface area contributed by atoms with Crippen molar-refractivity contribution < 1.29 is 9.90 Å². The Kier molecular flexibility index (Phi) is 3.99. The van der Waals surface area contributed by atoms with Gasteiger partial charge in [0.25, 0.3) is 0 Å². The molecule has 0 fully saturated rings. The van der Waals surface area contributed by atoms with Crippen molar-refractivity contribution in [2.75, 3.05) is 5.75 Å². The summed E-state index contributed by atoms with van der Waals surface area (Å²) >= 11 is 1.60. The van der Waals surface area contributed by atoms with Crippen LogP contribution in [0.15, 0.2) is 35.6 Å². The van der Waals surface area contributed by atoms with Crippen LogP contribution in [0, 0.1) is 0 Å². The first-order valence-corrected chi connectivity index (χ1v) is 6.44. The predicted octanol–water partition coefficient (Wildman–Crippen LogP) is 1.85. The normalized spacial score (nSPS) is 10.5. The lowest BCUT2D eigenvalue weighted by Crippen LogP contribution is -2.00. The number of carbonyl (C=O) groups is 1. The highest BCUT2D eigenvalue weighted by molar-refractivity contribution is 7.99. The van der Waals surface area contributed by atoms with E-state index in [0.717, 1.165) is 22.9 Å². The van der Waals surface area contributed by atoms with E-state index in [9.17, 15) is 4.79 Å². The molecule has 18 heavy (non-hydrogen) atoms. The zero-order chi connectivity index (χ0) is 13.0. The number of aromatic carboxylic acids is 1. The molecule has 2 heterocycles.